The molecule has 0 amide bonds. The van der Waals surface area contributed by atoms with Crippen molar-refractivity contribution >= 4 is 11.5 Å². The van der Waals surface area contributed by atoms with Crippen LogP contribution in [0.15, 0.2) is 24.3 Å². The molecule has 1 aromatic rings. The molecule has 3 rings (SSSR count). The molecule has 3 atom stereocenters. The zero-order chi connectivity index (χ0) is 13.6. The number of Topliss-reactive ketones (excluding diaryl/α,β-unsaturated/α-hetero) is 1. The van der Waals surface area contributed by atoms with Crippen LogP contribution in [0.25, 0.3) is 0 Å². The Morgan fingerprint density at radius 1 is 1.26 bits per heavy atom. The van der Waals surface area contributed by atoms with Gasteiger partial charge in [0.25, 0.3) is 0 Å². The second kappa shape index (κ2) is 4.64. The number of rotatable bonds is 2. The van der Waals surface area contributed by atoms with Crippen molar-refractivity contribution in [1.29, 1.82) is 0 Å². The van der Waals surface area contributed by atoms with Gasteiger partial charge in [0.2, 0.25) is 0 Å². The van der Waals surface area contributed by atoms with Crippen LogP contribution in [-0.2, 0) is 4.79 Å². The Labute approximate surface area is 115 Å². The molecule has 1 heterocycles. The molecule has 1 aliphatic heterocycles. The summed E-state index contributed by atoms with van der Waals surface area (Å²) >= 11 is 0. The van der Waals surface area contributed by atoms with Crippen molar-refractivity contribution in [3.63, 3.8) is 0 Å². The summed E-state index contributed by atoms with van der Waals surface area (Å²) in [6, 6.07) is 8.77. The predicted octanol–water partition coefficient (Wildman–Crippen LogP) is 2.13. The lowest BCUT2D eigenvalue weighted by Gasteiger charge is -2.35. The fourth-order valence-electron chi connectivity index (χ4n) is 3.77. The van der Waals surface area contributed by atoms with Crippen LogP contribution in [0.3, 0.4) is 0 Å². The predicted molar refractivity (Wildman–Crippen MR) is 77.7 cm³/mol. The van der Waals surface area contributed by atoms with Gasteiger partial charge in [-0.25, -0.2) is 0 Å². The number of carbonyl (C=O) groups is 1. The highest BCUT2D eigenvalue weighted by Crippen LogP contribution is 2.46. The van der Waals surface area contributed by atoms with Crippen LogP contribution in [0.2, 0.25) is 0 Å². The molecule has 0 saturated heterocycles. The molecule has 1 saturated carbocycles. The molecule has 3 heteroatoms. The van der Waals surface area contributed by atoms with Crippen LogP contribution in [0, 0.1) is 5.92 Å². The van der Waals surface area contributed by atoms with E-state index >= 15 is 0 Å². The molecule has 1 aromatic carbocycles. The summed E-state index contributed by atoms with van der Waals surface area (Å²) in [6.07, 6.45) is 2.15. The first-order chi connectivity index (χ1) is 9.09. The molecule has 3 nitrogen and oxygen atoms in total. The van der Waals surface area contributed by atoms with Crippen LogP contribution >= 0.6 is 0 Å². The van der Waals surface area contributed by atoms with E-state index in [1.165, 1.54) is 11.3 Å². The van der Waals surface area contributed by atoms with Crippen LogP contribution in [-0.4, -0.2) is 44.4 Å². The zero-order valence-corrected chi connectivity index (χ0v) is 12.0. The van der Waals surface area contributed by atoms with E-state index in [-0.39, 0.29) is 11.8 Å². The van der Waals surface area contributed by atoms with Crippen molar-refractivity contribution in [3.05, 3.63) is 29.8 Å². The minimum Gasteiger partial charge on any atom is -0.370 e. The lowest BCUT2D eigenvalue weighted by atomic mass is 9.75. The van der Waals surface area contributed by atoms with Gasteiger partial charge in [-0.3, -0.25) is 4.79 Å². The molecule has 0 bridgehead atoms. The van der Waals surface area contributed by atoms with E-state index in [1.54, 1.807) is 0 Å². The number of hydrogen-bond acceptors (Lipinski definition) is 3. The Morgan fingerprint density at radius 3 is 2.74 bits per heavy atom. The van der Waals surface area contributed by atoms with E-state index in [4.69, 9.17) is 0 Å². The SMILES string of the molecule is CN(C)CC1CCC2C(C1=O)c1ccccc1N2C. The summed E-state index contributed by atoms with van der Waals surface area (Å²) in [5.41, 5.74) is 2.49. The summed E-state index contributed by atoms with van der Waals surface area (Å²) in [7, 11) is 6.23. The topological polar surface area (TPSA) is 23.6 Å². The number of fused-ring (bicyclic) bond motifs is 3. The summed E-state index contributed by atoms with van der Waals surface area (Å²) in [5, 5.41) is 0. The monoisotopic (exact) mass is 258 g/mol. The number of nitrogens with zero attached hydrogens (tertiary/aromatic N) is 2. The van der Waals surface area contributed by atoms with Crippen LogP contribution in [0.4, 0.5) is 5.69 Å². The van der Waals surface area contributed by atoms with E-state index < -0.39 is 0 Å². The van der Waals surface area contributed by atoms with Gasteiger partial charge >= 0.3 is 0 Å². The summed E-state index contributed by atoms with van der Waals surface area (Å²) < 4.78 is 0. The van der Waals surface area contributed by atoms with Crippen molar-refractivity contribution in [2.24, 2.45) is 5.92 Å². The van der Waals surface area contributed by atoms with Crippen molar-refractivity contribution in [2.45, 2.75) is 24.8 Å². The Balaban J connectivity index is 1.93. The second-order valence-electron chi connectivity index (χ2n) is 6.15. The fraction of sp³-hybridized carbons (Fsp3) is 0.562. The third-order valence-electron chi connectivity index (χ3n) is 4.64. The maximum absolute atomic E-state index is 12.8. The number of hydrogen-bond donors (Lipinski definition) is 0. The molecule has 0 radical (unpaired) electrons. The number of likely N-dealkylation sites (N-methyl/N-ethyl adjacent to an activating group) is 1. The normalized spacial score (nSPS) is 29.6. The molecule has 0 aromatic heterocycles. The van der Waals surface area contributed by atoms with Crippen molar-refractivity contribution in [2.75, 3.05) is 32.6 Å². The number of benzene rings is 1. The highest BCUT2D eigenvalue weighted by atomic mass is 16.1. The Hall–Kier alpha value is -1.35. The van der Waals surface area contributed by atoms with E-state index in [9.17, 15) is 4.79 Å². The highest BCUT2D eigenvalue weighted by Gasteiger charge is 2.46. The van der Waals surface area contributed by atoms with Crippen LogP contribution in [0.5, 0.6) is 0 Å². The number of ketones is 1. The van der Waals surface area contributed by atoms with E-state index in [0.29, 0.717) is 11.8 Å². The molecule has 2 aliphatic rings. The van der Waals surface area contributed by atoms with Crippen molar-refractivity contribution in [1.82, 2.24) is 4.90 Å². The van der Waals surface area contributed by atoms with Crippen LogP contribution in [0.1, 0.15) is 24.3 Å². The number of para-hydroxylation sites is 1. The summed E-state index contributed by atoms with van der Waals surface area (Å²) in [5.74, 6) is 0.748. The molecule has 1 aliphatic carbocycles. The largest absolute Gasteiger partial charge is 0.370 e. The molecule has 0 N–H and O–H groups in total. The molecule has 102 valence electrons. The van der Waals surface area contributed by atoms with Gasteiger partial charge in [0.1, 0.15) is 5.78 Å². The first kappa shape index (κ1) is 12.7. The molecular formula is C16H22N2O. The first-order valence-corrected chi connectivity index (χ1v) is 7.10. The fourth-order valence-corrected chi connectivity index (χ4v) is 3.77. The van der Waals surface area contributed by atoms with Gasteiger partial charge in [0, 0.05) is 31.2 Å². The van der Waals surface area contributed by atoms with Crippen molar-refractivity contribution < 1.29 is 4.79 Å². The smallest absolute Gasteiger partial charge is 0.146 e. The van der Waals surface area contributed by atoms with Gasteiger partial charge in [-0.15, -0.1) is 0 Å². The number of carbonyl (C=O) groups excluding carboxylic acids is 1. The minimum absolute atomic E-state index is 0.0971. The van der Waals surface area contributed by atoms with Gasteiger partial charge in [0.05, 0.1) is 5.92 Å². The Bertz CT molecular complexity index is 497. The molecule has 0 spiro atoms. The molecule has 3 unspecified atom stereocenters. The lowest BCUT2D eigenvalue weighted by Crippen LogP contribution is -2.43. The Morgan fingerprint density at radius 2 is 2.00 bits per heavy atom. The molecule has 19 heavy (non-hydrogen) atoms. The summed E-state index contributed by atoms with van der Waals surface area (Å²) in [4.78, 5) is 17.2. The molecular weight excluding hydrogens is 236 g/mol. The third kappa shape index (κ3) is 1.96. The summed E-state index contributed by atoms with van der Waals surface area (Å²) in [6.45, 7) is 0.883. The van der Waals surface area contributed by atoms with Gasteiger partial charge in [-0.1, -0.05) is 18.2 Å². The zero-order valence-electron chi connectivity index (χ0n) is 12.0. The Kier molecular flexibility index (Phi) is 3.09. The average molecular weight is 258 g/mol. The van der Waals surface area contributed by atoms with E-state index in [2.05, 4.69) is 41.1 Å². The van der Waals surface area contributed by atoms with Gasteiger partial charge < -0.3 is 9.80 Å². The quantitative estimate of drug-likeness (QED) is 0.812. The maximum atomic E-state index is 12.8. The maximum Gasteiger partial charge on any atom is 0.146 e. The first-order valence-electron chi connectivity index (χ1n) is 7.10. The van der Waals surface area contributed by atoms with E-state index in [0.717, 1.165) is 19.4 Å². The van der Waals surface area contributed by atoms with Crippen LogP contribution < -0.4 is 4.90 Å². The van der Waals surface area contributed by atoms with Gasteiger partial charge in [-0.05, 0) is 38.6 Å². The highest BCUT2D eigenvalue weighted by molar-refractivity contribution is 5.93. The standard InChI is InChI=1S/C16H22N2O/c1-17(2)10-11-8-9-14-15(16(11)19)12-6-4-5-7-13(12)18(14)3/h4-7,11,14-15H,8-10H2,1-3H3. The number of anilines is 1. The minimum atomic E-state index is 0.0971. The van der Waals surface area contributed by atoms with E-state index in [1.807, 2.05) is 14.1 Å². The van der Waals surface area contributed by atoms with Crippen molar-refractivity contribution in [3.8, 4) is 0 Å². The lowest BCUT2D eigenvalue weighted by molar-refractivity contribution is -0.127. The van der Waals surface area contributed by atoms with Gasteiger partial charge in [0.15, 0.2) is 0 Å². The van der Waals surface area contributed by atoms with Gasteiger partial charge in [-0.2, -0.15) is 0 Å². The molecule has 1 fully saturated rings. The second-order valence-corrected chi connectivity index (χ2v) is 6.15. The average Bonchev–Trinajstić information content (AvgIpc) is 2.67. The third-order valence-corrected chi connectivity index (χ3v) is 4.64.